The molecule has 0 saturated carbocycles. The molecule has 5 heterocycles. The van der Waals surface area contributed by atoms with E-state index in [1.165, 1.54) is 91.3 Å². The molecule has 0 amide bonds. The first-order valence-electron chi connectivity index (χ1n) is 20.5. The molecule has 0 saturated heterocycles. The molecule has 0 fully saturated rings. The Balaban J connectivity index is 1.21. The van der Waals surface area contributed by atoms with Gasteiger partial charge in [-0.15, -0.1) is 0 Å². The minimum atomic E-state index is -1.07. The molecule has 2 unspecified atom stereocenters. The number of nitrogens with zero attached hydrogens (tertiary/aromatic N) is 2. The summed E-state index contributed by atoms with van der Waals surface area (Å²) in [6.45, 7) is 0. The van der Waals surface area contributed by atoms with E-state index in [1.54, 1.807) is 0 Å². The second-order valence-electron chi connectivity index (χ2n) is 15.7. The zero-order chi connectivity index (χ0) is 39.1. The third-order valence-electron chi connectivity index (χ3n) is 12.6. The van der Waals surface area contributed by atoms with E-state index >= 15 is 0 Å². The summed E-state index contributed by atoms with van der Waals surface area (Å²) in [7, 11) is -2.82. The number of rotatable bonds is 4. The van der Waals surface area contributed by atoms with Crippen molar-refractivity contribution in [3.63, 3.8) is 0 Å². The summed E-state index contributed by atoms with van der Waals surface area (Å²) in [6, 6.07) is 74.7. The van der Waals surface area contributed by atoms with Crippen LogP contribution >= 0.6 is 23.0 Å². The molecule has 0 N–H and O–H groups in total. The van der Waals surface area contributed by atoms with Gasteiger partial charge in [0.1, 0.15) is 11.5 Å². The van der Waals surface area contributed by atoms with Gasteiger partial charge in [0.05, 0.1) is 33.4 Å². The zero-order valence-electron chi connectivity index (χ0n) is 32.2. The molecule has 14 rings (SSSR count). The van der Waals surface area contributed by atoms with Crippen molar-refractivity contribution >= 4 is 115 Å². The number of hydrogen-bond donors (Lipinski definition) is 0. The van der Waals surface area contributed by atoms with Crippen LogP contribution in [0, 0.1) is 0 Å². The Bertz CT molecular complexity index is 3350. The molecule has 2 aromatic heterocycles. The monoisotopic (exact) mass is 818 g/mol. The van der Waals surface area contributed by atoms with Crippen molar-refractivity contribution < 1.29 is 4.74 Å². The van der Waals surface area contributed by atoms with E-state index in [2.05, 4.69) is 210 Å². The Morgan fingerprint density at radius 1 is 0.350 bits per heavy atom. The largest absolute Gasteiger partial charge is 0.456 e. The lowest BCUT2D eigenvalue weighted by Crippen LogP contribution is -2.43. The summed E-state index contributed by atoms with van der Waals surface area (Å²) in [5.74, 6) is 1.97. The smallest absolute Gasteiger partial charge is 0.138 e. The van der Waals surface area contributed by atoms with Crippen molar-refractivity contribution in [1.29, 1.82) is 0 Å². The highest BCUT2D eigenvalue weighted by Crippen LogP contribution is 2.69. The average molecular weight is 819 g/mol. The fourth-order valence-corrected chi connectivity index (χ4v) is 19.0. The van der Waals surface area contributed by atoms with Gasteiger partial charge < -0.3 is 14.5 Å². The first-order valence-corrected chi connectivity index (χ1v) is 24.5. The molecule has 11 aromatic rings. The van der Waals surface area contributed by atoms with Gasteiger partial charge >= 0.3 is 0 Å². The third-order valence-corrected chi connectivity index (χ3v) is 20.5. The summed E-state index contributed by atoms with van der Waals surface area (Å²) in [4.78, 5) is 5.20. The van der Waals surface area contributed by atoms with Crippen molar-refractivity contribution in [2.45, 2.75) is 0 Å². The Kier molecular flexibility index (Phi) is 6.91. The standard InChI is InChI=1S/C54H33N2OP3/c1-5-18-34(19-6-1)55-42-28-17-29-43-52(42)60-53-44(32-40-38-26-13-15-30-46(38)58(50(40)48(53)55)36-22-9-3-10-23-36)57-45-33-41-39-27-14-16-31-47(39)59(37-24-11-4-12-25-37)51(41)49(54(45)60)56(43)35-20-7-2-8-21-35/h1-33H. The van der Waals surface area contributed by atoms with E-state index in [0.717, 1.165) is 22.9 Å². The number of fused-ring (bicyclic) bond motifs is 8. The van der Waals surface area contributed by atoms with E-state index in [0.29, 0.717) is 0 Å². The van der Waals surface area contributed by atoms with Gasteiger partial charge in [-0.1, -0.05) is 167 Å². The molecule has 2 atom stereocenters. The van der Waals surface area contributed by atoms with Crippen LogP contribution in [-0.2, 0) is 0 Å². The average Bonchev–Trinajstić information content (AvgIpc) is 3.83. The molecular weight excluding hydrogens is 786 g/mol. The van der Waals surface area contributed by atoms with E-state index in [9.17, 15) is 0 Å². The molecule has 6 heteroatoms. The van der Waals surface area contributed by atoms with Gasteiger partial charge in [-0.25, -0.2) is 0 Å². The van der Waals surface area contributed by atoms with Gasteiger partial charge in [-0.3, -0.25) is 0 Å². The highest BCUT2D eigenvalue weighted by molar-refractivity contribution is 7.82. The van der Waals surface area contributed by atoms with Gasteiger partial charge in [0.25, 0.3) is 0 Å². The molecule has 0 aliphatic carbocycles. The fourth-order valence-electron chi connectivity index (χ4n) is 10.3. The maximum Gasteiger partial charge on any atom is 0.138 e. The molecule has 3 aliphatic rings. The van der Waals surface area contributed by atoms with Crippen LogP contribution in [0.2, 0.25) is 0 Å². The number of para-hydroxylation sites is 2. The van der Waals surface area contributed by atoms with Crippen LogP contribution < -0.4 is 30.5 Å². The normalized spacial score (nSPS) is 15.2. The van der Waals surface area contributed by atoms with E-state index < -0.39 is 23.0 Å². The van der Waals surface area contributed by atoms with Gasteiger partial charge in [0, 0.05) is 55.8 Å². The quantitative estimate of drug-likeness (QED) is 0.165. The molecule has 3 aliphatic heterocycles. The lowest BCUT2D eigenvalue weighted by atomic mass is 10.1. The molecule has 60 heavy (non-hydrogen) atoms. The number of benzene rings is 9. The van der Waals surface area contributed by atoms with Crippen LogP contribution in [0.5, 0.6) is 11.5 Å². The summed E-state index contributed by atoms with van der Waals surface area (Å²) in [6.07, 6.45) is 0. The fraction of sp³-hybridized carbons (Fsp3) is 0. The van der Waals surface area contributed by atoms with Crippen molar-refractivity contribution in [3.05, 3.63) is 200 Å². The predicted octanol–water partition coefficient (Wildman–Crippen LogP) is 15.7. The molecule has 0 bridgehead atoms. The lowest BCUT2D eigenvalue weighted by Gasteiger charge is -2.48. The Hall–Kier alpha value is -6.59. The van der Waals surface area contributed by atoms with Crippen molar-refractivity contribution in [3.8, 4) is 22.1 Å². The summed E-state index contributed by atoms with van der Waals surface area (Å²) < 4.78 is 7.56. The van der Waals surface area contributed by atoms with Gasteiger partial charge in [0.2, 0.25) is 0 Å². The molecule has 9 aromatic carbocycles. The summed E-state index contributed by atoms with van der Waals surface area (Å²) in [5.41, 5.74) is 7.43. The highest BCUT2D eigenvalue weighted by Gasteiger charge is 2.48. The Morgan fingerprint density at radius 2 is 0.750 bits per heavy atom. The predicted molar refractivity (Wildman–Crippen MR) is 260 cm³/mol. The van der Waals surface area contributed by atoms with Gasteiger partial charge in [-0.2, -0.15) is 0 Å². The molecule has 0 spiro atoms. The minimum absolute atomic E-state index is 0.878. The van der Waals surface area contributed by atoms with Gasteiger partial charge in [0.15, 0.2) is 0 Å². The van der Waals surface area contributed by atoms with Gasteiger partial charge in [-0.05, 0) is 69.9 Å². The first kappa shape index (κ1) is 33.3. The van der Waals surface area contributed by atoms with Crippen LogP contribution in [0.25, 0.3) is 52.6 Å². The maximum absolute atomic E-state index is 7.56. The van der Waals surface area contributed by atoms with Crippen LogP contribution in [0.4, 0.5) is 34.1 Å². The number of ether oxygens (including phenoxy) is 1. The van der Waals surface area contributed by atoms with Crippen LogP contribution in [-0.4, -0.2) is 0 Å². The van der Waals surface area contributed by atoms with Crippen LogP contribution in [0.15, 0.2) is 200 Å². The summed E-state index contributed by atoms with van der Waals surface area (Å²) >= 11 is 0. The minimum Gasteiger partial charge on any atom is -0.456 e. The SMILES string of the molecule is c1ccc(N2c3cccc4c3P3c5c(cc6c7ccccc7p(-c7ccccc7)c6c52)Oc2cc5c6ccccc6p(-c6ccccc6)c5c(c23)N4c2ccccc2)cc1. The van der Waals surface area contributed by atoms with Crippen LogP contribution in [0.1, 0.15) is 0 Å². The maximum atomic E-state index is 7.56. The lowest BCUT2D eigenvalue weighted by molar-refractivity contribution is 0.490. The molecule has 0 radical (unpaired) electrons. The number of anilines is 6. The van der Waals surface area contributed by atoms with Crippen LogP contribution in [0.3, 0.4) is 0 Å². The van der Waals surface area contributed by atoms with Crippen molar-refractivity contribution in [2.75, 3.05) is 9.80 Å². The third kappa shape index (κ3) is 4.34. The molecule has 3 nitrogen and oxygen atoms in total. The Morgan fingerprint density at radius 3 is 1.20 bits per heavy atom. The molecular formula is C54H33N2OP3. The summed E-state index contributed by atoms with van der Waals surface area (Å²) in [5, 5.41) is 17.7. The van der Waals surface area contributed by atoms with E-state index in [1.807, 2.05) is 0 Å². The van der Waals surface area contributed by atoms with Crippen molar-refractivity contribution in [2.24, 2.45) is 0 Å². The molecule has 280 valence electrons. The second-order valence-corrected chi connectivity index (χ2v) is 22.0. The van der Waals surface area contributed by atoms with Crippen molar-refractivity contribution in [1.82, 2.24) is 0 Å². The van der Waals surface area contributed by atoms with E-state index in [-0.39, 0.29) is 0 Å². The topological polar surface area (TPSA) is 15.7 Å². The zero-order valence-corrected chi connectivity index (χ0v) is 34.9. The second kappa shape index (κ2) is 12.5. The van der Waals surface area contributed by atoms with E-state index in [4.69, 9.17) is 4.74 Å². The Labute approximate surface area is 350 Å². The first-order chi connectivity index (χ1) is 29.8. The highest BCUT2D eigenvalue weighted by atomic mass is 31.1. The number of hydrogen-bond acceptors (Lipinski definition) is 3.